The number of unbranched alkanes of at least 4 members (excludes halogenated alkanes) is 1. The van der Waals surface area contributed by atoms with E-state index in [2.05, 4.69) is 25.4 Å². The third kappa shape index (κ3) is 5.91. The molecule has 1 amide bonds. The third-order valence-electron chi connectivity index (χ3n) is 3.49. The van der Waals surface area contributed by atoms with E-state index in [-0.39, 0.29) is 5.91 Å². The number of tetrazole rings is 1. The quantitative estimate of drug-likeness (QED) is 0.642. The second-order valence-corrected chi connectivity index (χ2v) is 8.09. The lowest BCUT2D eigenvalue weighted by Crippen LogP contribution is -2.31. The molecule has 0 aliphatic carbocycles. The Balaban J connectivity index is 1.70. The average Bonchev–Trinajstić information content (AvgIpc) is 3.09. The minimum Gasteiger partial charge on any atom is -0.326 e. The first-order chi connectivity index (χ1) is 11.9. The second kappa shape index (κ2) is 8.67. The molecule has 0 bridgehead atoms. The van der Waals surface area contributed by atoms with Gasteiger partial charge in [-0.15, -0.1) is 15.0 Å². The number of rotatable bonds is 9. The predicted octanol–water partition coefficient (Wildman–Crippen LogP) is 1.10. The Morgan fingerprint density at radius 3 is 2.52 bits per heavy atom. The summed E-state index contributed by atoms with van der Waals surface area (Å²) < 4.78 is 25.7. The van der Waals surface area contributed by atoms with E-state index in [1.165, 1.54) is 11.1 Å². The first-order valence-electron chi connectivity index (χ1n) is 8.00. The van der Waals surface area contributed by atoms with Gasteiger partial charge in [-0.2, -0.15) is 0 Å². The molecule has 0 radical (unpaired) electrons. The minimum atomic E-state index is -3.24. The Morgan fingerprint density at radius 2 is 1.92 bits per heavy atom. The molecule has 0 atom stereocenters. The molecule has 0 fully saturated rings. The molecule has 25 heavy (non-hydrogen) atoms. The topological polar surface area (TPSA) is 119 Å². The summed E-state index contributed by atoms with van der Waals surface area (Å²) in [5, 5.41) is 13.7. The molecular formula is C15H22N6O3S. The van der Waals surface area contributed by atoms with E-state index in [9.17, 15) is 13.2 Å². The maximum atomic E-state index is 11.9. The van der Waals surface area contributed by atoms with Gasteiger partial charge < -0.3 is 5.32 Å². The summed E-state index contributed by atoms with van der Waals surface area (Å²) in [4.78, 5) is 13.3. The number of sulfonamides is 1. The van der Waals surface area contributed by atoms with E-state index >= 15 is 0 Å². The standard InChI is InChI=1S/C15H22N6O3S/c1-12(2)25(23,24)18-10-4-3-5-15(22)19-13-6-8-14(9-7-13)21-17-11-16-20-21/h6-9,11-12,18H,3-5,10H2,1-2H3,(H,19,22). The molecule has 2 N–H and O–H groups in total. The molecule has 0 saturated carbocycles. The van der Waals surface area contributed by atoms with Gasteiger partial charge in [0.15, 0.2) is 6.33 Å². The number of nitrogens with one attached hydrogen (secondary N) is 2. The molecule has 136 valence electrons. The van der Waals surface area contributed by atoms with Gasteiger partial charge in [0.05, 0.1) is 10.9 Å². The zero-order valence-electron chi connectivity index (χ0n) is 14.2. The Hall–Kier alpha value is -2.33. The lowest BCUT2D eigenvalue weighted by atomic mass is 10.2. The average molecular weight is 366 g/mol. The van der Waals surface area contributed by atoms with E-state index in [0.717, 1.165) is 5.69 Å². The van der Waals surface area contributed by atoms with Crippen LogP contribution in [0, 0.1) is 0 Å². The van der Waals surface area contributed by atoms with Crippen molar-refractivity contribution in [3.05, 3.63) is 30.6 Å². The van der Waals surface area contributed by atoms with Crippen molar-refractivity contribution in [2.75, 3.05) is 11.9 Å². The Labute approximate surface area is 146 Å². The van der Waals surface area contributed by atoms with Crippen molar-refractivity contribution >= 4 is 21.6 Å². The molecular weight excluding hydrogens is 344 g/mol. The van der Waals surface area contributed by atoms with Crippen molar-refractivity contribution in [1.82, 2.24) is 24.9 Å². The van der Waals surface area contributed by atoms with Gasteiger partial charge in [-0.3, -0.25) is 4.79 Å². The SMILES string of the molecule is CC(C)S(=O)(=O)NCCCCC(=O)Nc1ccc(-n2ncnn2)cc1. The molecule has 0 saturated heterocycles. The van der Waals surface area contributed by atoms with Crippen LogP contribution in [0.3, 0.4) is 0 Å². The van der Waals surface area contributed by atoms with Crippen molar-refractivity contribution in [2.45, 2.75) is 38.4 Å². The van der Waals surface area contributed by atoms with Crippen molar-refractivity contribution in [3.63, 3.8) is 0 Å². The first kappa shape index (κ1) is 19.0. The first-order valence-corrected chi connectivity index (χ1v) is 9.55. The summed E-state index contributed by atoms with van der Waals surface area (Å²) in [7, 11) is -3.24. The van der Waals surface area contributed by atoms with Gasteiger partial charge in [-0.1, -0.05) is 0 Å². The number of hydrogen-bond donors (Lipinski definition) is 2. The number of hydrogen-bond acceptors (Lipinski definition) is 6. The van der Waals surface area contributed by atoms with Crippen LogP contribution in [-0.2, 0) is 14.8 Å². The van der Waals surface area contributed by atoms with Crippen LogP contribution in [0.2, 0.25) is 0 Å². The van der Waals surface area contributed by atoms with Crippen LogP contribution in [0.1, 0.15) is 33.1 Å². The fourth-order valence-corrected chi connectivity index (χ4v) is 2.74. The van der Waals surface area contributed by atoms with Gasteiger partial charge in [0, 0.05) is 18.7 Å². The van der Waals surface area contributed by atoms with Crippen LogP contribution >= 0.6 is 0 Å². The van der Waals surface area contributed by atoms with Gasteiger partial charge in [0.25, 0.3) is 0 Å². The van der Waals surface area contributed by atoms with Crippen molar-refractivity contribution in [2.24, 2.45) is 0 Å². The molecule has 1 heterocycles. The van der Waals surface area contributed by atoms with Gasteiger partial charge in [-0.05, 0) is 56.2 Å². The number of benzene rings is 1. The third-order valence-corrected chi connectivity index (χ3v) is 5.33. The van der Waals surface area contributed by atoms with Crippen LogP contribution in [0.15, 0.2) is 30.6 Å². The molecule has 0 unspecified atom stereocenters. The van der Waals surface area contributed by atoms with E-state index in [1.807, 2.05) is 0 Å². The van der Waals surface area contributed by atoms with Crippen molar-refractivity contribution in [3.8, 4) is 5.69 Å². The zero-order valence-corrected chi connectivity index (χ0v) is 15.0. The number of aromatic nitrogens is 4. The molecule has 10 heteroatoms. The summed E-state index contributed by atoms with van der Waals surface area (Å²) in [6, 6.07) is 7.07. The number of amides is 1. The Morgan fingerprint density at radius 1 is 1.20 bits per heavy atom. The normalized spacial score (nSPS) is 11.6. The highest BCUT2D eigenvalue weighted by Gasteiger charge is 2.14. The summed E-state index contributed by atoms with van der Waals surface area (Å²) >= 11 is 0. The number of carbonyl (C=O) groups is 1. The molecule has 9 nitrogen and oxygen atoms in total. The highest BCUT2D eigenvalue weighted by atomic mass is 32.2. The molecule has 2 aromatic rings. The van der Waals surface area contributed by atoms with Crippen LogP contribution < -0.4 is 10.0 Å². The van der Waals surface area contributed by atoms with Crippen LogP contribution in [0.5, 0.6) is 0 Å². The second-order valence-electron chi connectivity index (χ2n) is 5.77. The summed E-state index contributed by atoms with van der Waals surface area (Å²) in [6.07, 6.45) is 2.89. The molecule has 1 aromatic heterocycles. The fraction of sp³-hybridized carbons (Fsp3) is 0.467. The molecule has 0 aliphatic heterocycles. The van der Waals surface area contributed by atoms with Gasteiger partial charge >= 0.3 is 0 Å². The lowest BCUT2D eigenvalue weighted by Gasteiger charge is -2.09. The van der Waals surface area contributed by atoms with Crippen LogP contribution in [0.25, 0.3) is 5.69 Å². The fourth-order valence-electron chi connectivity index (χ4n) is 1.98. The Kier molecular flexibility index (Phi) is 6.59. The summed E-state index contributed by atoms with van der Waals surface area (Å²) in [6.45, 7) is 3.59. The summed E-state index contributed by atoms with van der Waals surface area (Å²) in [5.41, 5.74) is 1.42. The van der Waals surface area contributed by atoms with E-state index in [4.69, 9.17) is 0 Å². The predicted molar refractivity (Wildman–Crippen MR) is 93.7 cm³/mol. The van der Waals surface area contributed by atoms with Crippen molar-refractivity contribution in [1.29, 1.82) is 0 Å². The number of anilines is 1. The largest absolute Gasteiger partial charge is 0.326 e. The molecule has 0 aliphatic rings. The van der Waals surface area contributed by atoms with E-state index in [1.54, 1.807) is 38.1 Å². The molecule has 0 spiro atoms. The van der Waals surface area contributed by atoms with Crippen LogP contribution in [-0.4, -0.2) is 46.3 Å². The maximum Gasteiger partial charge on any atom is 0.224 e. The number of nitrogens with zero attached hydrogens (tertiary/aromatic N) is 4. The smallest absolute Gasteiger partial charge is 0.224 e. The highest BCUT2D eigenvalue weighted by Crippen LogP contribution is 2.12. The zero-order chi connectivity index (χ0) is 18.3. The van der Waals surface area contributed by atoms with E-state index in [0.29, 0.717) is 31.5 Å². The maximum absolute atomic E-state index is 11.9. The lowest BCUT2D eigenvalue weighted by molar-refractivity contribution is -0.116. The van der Waals surface area contributed by atoms with Gasteiger partial charge in [0.1, 0.15) is 0 Å². The minimum absolute atomic E-state index is 0.113. The van der Waals surface area contributed by atoms with Crippen molar-refractivity contribution < 1.29 is 13.2 Å². The molecule has 2 rings (SSSR count). The van der Waals surface area contributed by atoms with E-state index < -0.39 is 15.3 Å². The van der Waals surface area contributed by atoms with Gasteiger partial charge in [-0.25, -0.2) is 13.1 Å². The van der Waals surface area contributed by atoms with Crippen LogP contribution in [0.4, 0.5) is 5.69 Å². The Bertz CT molecular complexity index is 772. The summed E-state index contributed by atoms with van der Waals surface area (Å²) in [5.74, 6) is -0.113. The highest BCUT2D eigenvalue weighted by molar-refractivity contribution is 7.90. The monoisotopic (exact) mass is 366 g/mol. The molecule has 1 aromatic carbocycles. The number of carbonyl (C=O) groups excluding carboxylic acids is 1. The van der Waals surface area contributed by atoms with Gasteiger partial charge in [0.2, 0.25) is 15.9 Å².